The van der Waals surface area contributed by atoms with Crippen molar-refractivity contribution in [2.45, 2.75) is 17.4 Å². The number of hydrogen-bond acceptors (Lipinski definition) is 4. The largest absolute Gasteiger partial charge is 0.394 e. The molecule has 3 N–H and O–H groups in total. The van der Waals surface area contributed by atoms with Crippen molar-refractivity contribution in [3.63, 3.8) is 0 Å². The minimum atomic E-state index is -0.874. The maximum absolute atomic E-state index is 11.3. The summed E-state index contributed by atoms with van der Waals surface area (Å²) in [5, 5.41) is 20.2. The molecule has 0 aliphatic carbocycles. The molecule has 17 heavy (non-hydrogen) atoms. The van der Waals surface area contributed by atoms with E-state index in [1.807, 2.05) is 30.3 Å². The van der Waals surface area contributed by atoms with Gasteiger partial charge in [0, 0.05) is 23.6 Å². The van der Waals surface area contributed by atoms with E-state index in [1.54, 1.807) is 11.8 Å². The zero-order valence-electron chi connectivity index (χ0n) is 9.50. The standard InChI is InChI=1S/C12H17NO3S/c14-9-10(15)8-13-12(16)6-7-17-11-4-2-1-3-5-11/h1-5,10,14-15H,6-9H2,(H,13,16). The van der Waals surface area contributed by atoms with E-state index in [2.05, 4.69) is 5.32 Å². The number of carbonyl (C=O) groups is 1. The Balaban J connectivity index is 2.12. The minimum Gasteiger partial charge on any atom is -0.394 e. The minimum absolute atomic E-state index is 0.103. The van der Waals surface area contributed by atoms with Gasteiger partial charge in [0.05, 0.1) is 12.7 Å². The Kier molecular flexibility index (Phi) is 6.69. The summed E-state index contributed by atoms with van der Waals surface area (Å²) in [6, 6.07) is 9.86. The number of thioether (sulfide) groups is 1. The Hall–Kier alpha value is -1.04. The van der Waals surface area contributed by atoms with Gasteiger partial charge in [0.25, 0.3) is 0 Å². The van der Waals surface area contributed by atoms with E-state index in [-0.39, 0.29) is 19.1 Å². The van der Waals surface area contributed by atoms with Crippen molar-refractivity contribution in [2.24, 2.45) is 0 Å². The van der Waals surface area contributed by atoms with Crippen LogP contribution < -0.4 is 5.32 Å². The van der Waals surface area contributed by atoms with Crippen molar-refractivity contribution in [3.05, 3.63) is 30.3 Å². The number of hydrogen-bond donors (Lipinski definition) is 3. The first kappa shape index (κ1) is 14.0. The van der Waals surface area contributed by atoms with Crippen molar-refractivity contribution >= 4 is 17.7 Å². The van der Waals surface area contributed by atoms with Crippen LogP contribution in [0.25, 0.3) is 0 Å². The van der Waals surface area contributed by atoms with Crippen LogP contribution in [-0.4, -0.2) is 41.1 Å². The zero-order valence-corrected chi connectivity index (χ0v) is 10.3. The van der Waals surface area contributed by atoms with Crippen molar-refractivity contribution in [1.82, 2.24) is 5.32 Å². The monoisotopic (exact) mass is 255 g/mol. The van der Waals surface area contributed by atoms with Gasteiger partial charge in [-0.3, -0.25) is 4.79 Å². The number of amides is 1. The lowest BCUT2D eigenvalue weighted by molar-refractivity contribution is -0.121. The third-order valence-corrected chi connectivity index (χ3v) is 3.10. The number of aliphatic hydroxyl groups is 2. The van der Waals surface area contributed by atoms with Gasteiger partial charge in [-0.2, -0.15) is 0 Å². The van der Waals surface area contributed by atoms with Crippen LogP contribution in [-0.2, 0) is 4.79 Å². The average molecular weight is 255 g/mol. The fraction of sp³-hybridized carbons (Fsp3) is 0.417. The van der Waals surface area contributed by atoms with Crippen molar-refractivity contribution in [2.75, 3.05) is 18.9 Å². The van der Waals surface area contributed by atoms with Gasteiger partial charge in [-0.05, 0) is 12.1 Å². The molecule has 0 bridgehead atoms. The van der Waals surface area contributed by atoms with Crippen LogP contribution >= 0.6 is 11.8 Å². The van der Waals surface area contributed by atoms with E-state index < -0.39 is 6.10 Å². The van der Waals surface area contributed by atoms with E-state index in [0.717, 1.165) is 4.90 Å². The number of benzene rings is 1. The predicted octanol–water partition coefficient (Wildman–Crippen LogP) is 0.638. The van der Waals surface area contributed by atoms with Crippen LogP contribution in [0.2, 0.25) is 0 Å². The molecule has 1 rings (SSSR count). The molecular weight excluding hydrogens is 238 g/mol. The molecule has 1 amide bonds. The molecule has 4 nitrogen and oxygen atoms in total. The molecule has 0 saturated carbocycles. The highest BCUT2D eigenvalue weighted by molar-refractivity contribution is 7.99. The number of nitrogens with one attached hydrogen (secondary N) is 1. The molecule has 0 aromatic heterocycles. The summed E-state index contributed by atoms with van der Waals surface area (Å²) in [6.07, 6.45) is -0.474. The van der Waals surface area contributed by atoms with E-state index in [1.165, 1.54) is 0 Å². The van der Waals surface area contributed by atoms with Gasteiger partial charge in [0.2, 0.25) is 5.91 Å². The second kappa shape index (κ2) is 8.11. The lowest BCUT2D eigenvalue weighted by atomic mass is 10.3. The highest BCUT2D eigenvalue weighted by Crippen LogP contribution is 2.17. The first-order valence-corrected chi connectivity index (χ1v) is 6.44. The maximum atomic E-state index is 11.3. The molecule has 0 spiro atoms. The van der Waals surface area contributed by atoms with Gasteiger partial charge >= 0.3 is 0 Å². The van der Waals surface area contributed by atoms with Gasteiger partial charge in [0.1, 0.15) is 0 Å². The third-order valence-electron chi connectivity index (χ3n) is 2.09. The molecule has 1 aromatic carbocycles. The predicted molar refractivity (Wildman–Crippen MR) is 67.9 cm³/mol. The first-order chi connectivity index (χ1) is 8.22. The normalized spacial score (nSPS) is 12.1. The second-order valence-electron chi connectivity index (χ2n) is 3.55. The van der Waals surface area contributed by atoms with Gasteiger partial charge in [0.15, 0.2) is 0 Å². The molecule has 1 aromatic rings. The quantitative estimate of drug-likeness (QED) is 0.625. The van der Waals surface area contributed by atoms with Crippen LogP contribution in [0, 0.1) is 0 Å². The lowest BCUT2D eigenvalue weighted by Crippen LogP contribution is -2.33. The van der Waals surface area contributed by atoms with Crippen molar-refractivity contribution < 1.29 is 15.0 Å². The molecule has 0 aliphatic rings. The van der Waals surface area contributed by atoms with E-state index >= 15 is 0 Å². The SMILES string of the molecule is O=C(CCSc1ccccc1)NCC(O)CO. The third kappa shape index (κ3) is 6.31. The van der Waals surface area contributed by atoms with Crippen molar-refractivity contribution in [1.29, 1.82) is 0 Å². The molecule has 94 valence electrons. The molecule has 0 fully saturated rings. The summed E-state index contributed by atoms with van der Waals surface area (Å²) in [5.41, 5.74) is 0. The Bertz CT molecular complexity index is 332. The van der Waals surface area contributed by atoms with Gasteiger partial charge in [-0.25, -0.2) is 0 Å². The van der Waals surface area contributed by atoms with Gasteiger partial charge < -0.3 is 15.5 Å². The highest BCUT2D eigenvalue weighted by Gasteiger charge is 2.05. The van der Waals surface area contributed by atoms with Crippen LogP contribution in [0.4, 0.5) is 0 Å². The first-order valence-electron chi connectivity index (χ1n) is 5.46. The smallest absolute Gasteiger partial charge is 0.220 e. The fourth-order valence-electron chi connectivity index (χ4n) is 1.16. The molecule has 0 aliphatic heterocycles. The van der Waals surface area contributed by atoms with E-state index in [9.17, 15) is 4.79 Å². The summed E-state index contributed by atoms with van der Waals surface area (Å²) in [6.45, 7) is -0.232. The van der Waals surface area contributed by atoms with Gasteiger partial charge in [-0.15, -0.1) is 11.8 Å². The fourth-order valence-corrected chi connectivity index (χ4v) is 2.04. The molecule has 5 heteroatoms. The number of aliphatic hydroxyl groups excluding tert-OH is 2. The maximum Gasteiger partial charge on any atom is 0.220 e. The highest BCUT2D eigenvalue weighted by atomic mass is 32.2. The molecule has 0 heterocycles. The Labute approximate surface area is 105 Å². The summed E-state index contributed by atoms with van der Waals surface area (Å²) < 4.78 is 0. The van der Waals surface area contributed by atoms with Crippen LogP contribution in [0.5, 0.6) is 0 Å². The lowest BCUT2D eigenvalue weighted by Gasteiger charge is -2.08. The topological polar surface area (TPSA) is 69.6 Å². The van der Waals surface area contributed by atoms with Crippen LogP contribution in [0.15, 0.2) is 35.2 Å². The Morgan fingerprint density at radius 1 is 1.35 bits per heavy atom. The van der Waals surface area contributed by atoms with Crippen LogP contribution in [0.1, 0.15) is 6.42 Å². The Morgan fingerprint density at radius 3 is 2.71 bits per heavy atom. The second-order valence-corrected chi connectivity index (χ2v) is 4.72. The molecule has 1 unspecified atom stereocenters. The van der Waals surface area contributed by atoms with E-state index in [4.69, 9.17) is 10.2 Å². The molecular formula is C12H17NO3S. The van der Waals surface area contributed by atoms with Crippen molar-refractivity contribution in [3.8, 4) is 0 Å². The van der Waals surface area contributed by atoms with Crippen LogP contribution in [0.3, 0.4) is 0 Å². The summed E-state index contributed by atoms with van der Waals surface area (Å²) in [4.78, 5) is 12.5. The van der Waals surface area contributed by atoms with Gasteiger partial charge in [-0.1, -0.05) is 18.2 Å². The summed E-state index contributed by atoms with van der Waals surface area (Å²) in [5.74, 6) is 0.589. The summed E-state index contributed by atoms with van der Waals surface area (Å²) in [7, 11) is 0. The molecule has 1 atom stereocenters. The molecule has 0 radical (unpaired) electrons. The number of rotatable bonds is 7. The molecule has 0 saturated heterocycles. The number of carbonyl (C=O) groups excluding carboxylic acids is 1. The summed E-state index contributed by atoms with van der Waals surface area (Å²) >= 11 is 1.62. The zero-order chi connectivity index (χ0) is 12.5. The van der Waals surface area contributed by atoms with E-state index in [0.29, 0.717) is 12.2 Å². The average Bonchev–Trinajstić information content (AvgIpc) is 2.37. The Morgan fingerprint density at radius 2 is 2.06 bits per heavy atom.